The Morgan fingerprint density at radius 3 is 2.36 bits per heavy atom. The quantitative estimate of drug-likeness (QED) is 0.861. The van der Waals surface area contributed by atoms with E-state index in [0.717, 1.165) is 0 Å². The molecule has 1 N–H and O–H groups in total. The number of aliphatic hydroxyl groups is 1. The molecule has 0 atom stereocenters. The van der Waals surface area contributed by atoms with Crippen LogP contribution in [0, 0.1) is 0 Å². The minimum atomic E-state index is -3.11. The lowest BCUT2D eigenvalue weighted by atomic mass is 10.1. The maximum atomic E-state index is 12.7. The molecule has 0 aliphatic carbocycles. The van der Waals surface area contributed by atoms with Crippen molar-refractivity contribution in [3.05, 3.63) is 33.8 Å². The van der Waals surface area contributed by atoms with Gasteiger partial charge in [0, 0.05) is 6.42 Å². The summed E-state index contributed by atoms with van der Waals surface area (Å²) in [5.74, 6) is -3.11. The van der Waals surface area contributed by atoms with E-state index in [0.29, 0.717) is 10.6 Å². The third-order valence-electron chi connectivity index (χ3n) is 1.68. The lowest BCUT2D eigenvalue weighted by Gasteiger charge is -2.13. The average Bonchev–Trinajstić information content (AvgIpc) is 2.11. The molecular weight excluding hydrogens is 233 g/mol. The molecule has 0 heterocycles. The van der Waals surface area contributed by atoms with Crippen LogP contribution in [0.1, 0.15) is 5.56 Å². The Kier molecular flexibility index (Phi) is 3.70. The van der Waals surface area contributed by atoms with Crippen LogP contribution in [0.15, 0.2) is 18.2 Å². The second kappa shape index (κ2) is 4.43. The van der Waals surface area contributed by atoms with Crippen LogP contribution in [0.2, 0.25) is 10.0 Å². The third-order valence-corrected chi connectivity index (χ3v) is 2.42. The van der Waals surface area contributed by atoms with Gasteiger partial charge in [-0.25, -0.2) is 8.78 Å². The Morgan fingerprint density at radius 2 is 1.86 bits per heavy atom. The van der Waals surface area contributed by atoms with Crippen LogP contribution in [-0.4, -0.2) is 17.6 Å². The van der Waals surface area contributed by atoms with Gasteiger partial charge < -0.3 is 5.11 Å². The number of benzene rings is 1. The van der Waals surface area contributed by atoms with Gasteiger partial charge in [-0.05, 0) is 17.7 Å². The van der Waals surface area contributed by atoms with Crippen molar-refractivity contribution in [2.24, 2.45) is 0 Å². The first kappa shape index (κ1) is 11.7. The van der Waals surface area contributed by atoms with E-state index in [1.54, 1.807) is 0 Å². The second-order valence-corrected chi connectivity index (χ2v) is 3.75. The van der Waals surface area contributed by atoms with Gasteiger partial charge in [0.1, 0.15) is 6.61 Å². The van der Waals surface area contributed by atoms with Crippen molar-refractivity contribution in [2.75, 3.05) is 6.61 Å². The van der Waals surface area contributed by atoms with Gasteiger partial charge in [0.2, 0.25) is 0 Å². The molecule has 0 spiro atoms. The average molecular weight is 241 g/mol. The zero-order chi connectivity index (χ0) is 10.8. The predicted octanol–water partition coefficient (Wildman–Crippen LogP) is 3.16. The minimum absolute atomic E-state index is 0.234. The summed E-state index contributed by atoms with van der Waals surface area (Å²) in [6.07, 6.45) is -0.541. The maximum Gasteiger partial charge on any atom is 0.274 e. The molecule has 1 aromatic carbocycles. The Labute approximate surface area is 90.3 Å². The summed E-state index contributed by atoms with van der Waals surface area (Å²) in [7, 11) is 0. The highest BCUT2D eigenvalue weighted by atomic mass is 35.5. The number of hydrogen-bond acceptors (Lipinski definition) is 1. The van der Waals surface area contributed by atoms with E-state index in [9.17, 15) is 8.78 Å². The summed E-state index contributed by atoms with van der Waals surface area (Å²) in [4.78, 5) is 0. The monoisotopic (exact) mass is 240 g/mol. The predicted molar refractivity (Wildman–Crippen MR) is 52.2 cm³/mol. The van der Waals surface area contributed by atoms with Gasteiger partial charge in [-0.15, -0.1) is 0 Å². The molecule has 1 rings (SSSR count). The molecule has 0 radical (unpaired) electrons. The molecule has 78 valence electrons. The van der Waals surface area contributed by atoms with Crippen molar-refractivity contribution in [3.8, 4) is 0 Å². The molecule has 0 amide bonds. The van der Waals surface area contributed by atoms with Gasteiger partial charge in [0.25, 0.3) is 5.92 Å². The van der Waals surface area contributed by atoms with Gasteiger partial charge in [-0.2, -0.15) is 0 Å². The first-order valence-electron chi connectivity index (χ1n) is 3.87. The number of halogens is 4. The van der Waals surface area contributed by atoms with Crippen LogP contribution in [0.3, 0.4) is 0 Å². The van der Waals surface area contributed by atoms with E-state index in [2.05, 4.69) is 0 Å². The maximum absolute atomic E-state index is 12.7. The van der Waals surface area contributed by atoms with Crippen molar-refractivity contribution in [1.82, 2.24) is 0 Å². The summed E-state index contributed by atoms with van der Waals surface area (Å²) in [5, 5.41) is 8.93. The normalized spacial score (nSPS) is 11.8. The summed E-state index contributed by atoms with van der Waals surface area (Å²) in [6, 6.07) is 4.28. The molecule has 0 unspecified atom stereocenters. The fourth-order valence-corrected chi connectivity index (χ4v) is 1.32. The highest BCUT2D eigenvalue weighted by Gasteiger charge is 2.28. The summed E-state index contributed by atoms with van der Waals surface area (Å²) < 4.78 is 25.5. The molecule has 0 bridgehead atoms. The fraction of sp³-hybridized carbons (Fsp3) is 0.333. The number of rotatable bonds is 3. The summed E-state index contributed by atoms with van der Waals surface area (Å²) in [6.45, 7) is -1.17. The zero-order valence-corrected chi connectivity index (χ0v) is 8.62. The molecule has 0 saturated heterocycles. The summed E-state index contributed by atoms with van der Waals surface area (Å²) >= 11 is 11.3. The van der Waals surface area contributed by atoms with Crippen molar-refractivity contribution in [1.29, 1.82) is 0 Å². The van der Waals surface area contributed by atoms with E-state index in [1.807, 2.05) is 0 Å². The van der Waals surface area contributed by atoms with E-state index in [1.165, 1.54) is 18.2 Å². The molecule has 5 heteroatoms. The van der Waals surface area contributed by atoms with Gasteiger partial charge in [0.15, 0.2) is 0 Å². The second-order valence-electron chi connectivity index (χ2n) is 2.94. The van der Waals surface area contributed by atoms with Crippen LogP contribution in [-0.2, 0) is 6.42 Å². The van der Waals surface area contributed by atoms with Crippen molar-refractivity contribution >= 4 is 23.2 Å². The minimum Gasteiger partial charge on any atom is -0.390 e. The number of alkyl halides is 2. The van der Waals surface area contributed by atoms with E-state index < -0.39 is 19.0 Å². The third kappa shape index (κ3) is 3.08. The molecule has 14 heavy (non-hydrogen) atoms. The fourth-order valence-electron chi connectivity index (χ4n) is 1.00. The zero-order valence-electron chi connectivity index (χ0n) is 7.11. The van der Waals surface area contributed by atoms with Gasteiger partial charge >= 0.3 is 0 Å². The molecule has 1 aromatic rings. The smallest absolute Gasteiger partial charge is 0.274 e. The van der Waals surface area contributed by atoms with E-state index in [-0.39, 0.29) is 5.02 Å². The highest BCUT2D eigenvalue weighted by molar-refractivity contribution is 6.42. The largest absolute Gasteiger partial charge is 0.390 e. The van der Waals surface area contributed by atoms with Crippen LogP contribution in [0.4, 0.5) is 8.78 Å². The highest BCUT2D eigenvalue weighted by Crippen LogP contribution is 2.26. The Bertz CT molecular complexity index is 329. The Hall–Kier alpha value is -0.380. The number of hydrogen-bond donors (Lipinski definition) is 1. The van der Waals surface area contributed by atoms with E-state index >= 15 is 0 Å². The van der Waals surface area contributed by atoms with Gasteiger partial charge in [-0.1, -0.05) is 29.3 Å². The molecule has 0 aliphatic heterocycles. The van der Waals surface area contributed by atoms with Crippen LogP contribution >= 0.6 is 23.2 Å². The standard InChI is InChI=1S/C9H8Cl2F2O/c10-7-2-1-6(3-8(7)11)4-9(12,13)5-14/h1-3,14H,4-5H2. The van der Waals surface area contributed by atoms with Crippen molar-refractivity contribution < 1.29 is 13.9 Å². The SMILES string of the molecule is OCC(F)(F)Cc1ccc(Cl)c(Cl)c1. The van der Waals surface area contributed by atoms with Crippen molar-refractivity contribution in [2.45, 2.75) is 12.3 Å². The number of aliphatic hydroxyl groups excluding tert-OH is 1. The molecular formula is C9H8Cl2F2O. The van der Waals surface area contributed by atoms with E-state index in [4.69, 9.17) is 28.3 Å². The topological polar surface area (TPSA) is 20.2 Å². The van der Waals surface area contributed by atoms with Crippen LogP contribution in [0.5, 0.6) is 0 Å². The van der Waals surface area contributed by atoms with Crippen molar-refractivity contribution in [3.63, 3.8) is 0 Å². The molecule has 0 aliphatic rings. The lowest BCUT2D eigenvalue weighted by Crippen LogP contribution is -2.24. The lowest BCUT2D eigenvalue weighted by molar-refractivity contribution is -0.0488. The molecule has 0 saturated carbocycles. The van der Waals surface area contributed by atoms with Gasteiger partial charge in [-0.3, -0.25) is 0 Å². The van der Waals surface area contributed by atoms with Gasteiger partial charge in [0.05, 0.1) is 10.0 Å². The summed E-state index contributed by atoms with van der Waals surface area (Å²) in [5.41, 5.74) is 0.346. The van der Waals surface area contributed by atoms with Crippen LogP contribution in [0.25, 0.3) is 0 Å². The first-order valence-corrected chi connectivity index (χ1v) is 4.63. The molecule has 0 fully saturated rings. The molecule has 1 nitrogen and oxygen atoms in total. The first-order chi connectivity index (χ1) is 6.44. The Morgan fingerprint density at radius 1 is 1.21 bits per heavy atom. The Balaban J connectivity index is 2.83. The molecule has 0 aromatic heterocycles. The van der Waals surface area contributed by atoms with Crippen LogP contribution < -0.4 is 0 Å².